The molecule has 0 bridgehead atoms. The zero-order valence-electron chi connectivity index (χ0n) is 18.7. The van der Waals surface area contributed by atoms with Gasteiger partial charge < -0.3 is 10.1 Å². The second-order valence-corrected chi connectivity index (χ2v) is 9.01. The highest BCUT2D eigenvalue weighted by Gasteiger charge is 2.24. The number of carbonyl (C=O) groups excluding carboxylic acids is 2. The van der Waals surface area contributed by atoms with Gasteiger partial charge in [0.1, 0.15) is 11.6 Å². The van der Waals surface area contributed by atoms with Crippen molar-refractivity contribution in [1.82, 2.24) is 0 Å². The van der Waals surface area contributed by atoms with Gasteiger partial charge in [-0.15, -0.1) is 0 Å². The quantitative estimate of drug-likeness (QED) is 0.123. The van der Waals surface area contributed by atoms with Crippen LogP contribution >= 0.6 is 23.6 Å². The molecule has 4 rings (SSSR count). The minimum absolute atomic E-state index is 0.0271. The summed E-state index contributed by atoms with van der Waals surface area (Å²) in [7, 11) is 0. The molecule has 2 amide bonds. The lowest BCUT2D eigenvalue weighted by Gasteiger charge is -2.17. The minimum Gasteiger partial charge on any atom is -0.494 e. The van der Waals surface area contributed by atoms with E-state index in [2.05, 4.69) is 5.32 Å². The van der Waals surface area contributed by atoms with Crippen LogP contribution in [0.4, 0.5) is 10.1 Å². The maximum absolute atomic E-state index is 13.2. The number of fused-ring (bicyclic) bond motifs is 1. The van der Waals surface area contributed by atoms with Gasteiger partial charge in [-0.2, -0.15) is 4.28 Å². The normalized spacial score (nSPS) is 13.1. The van der Waals surface area contributed by atoms with Crippen molar-refractivity contribution in [1.29, 1.82) is 0 Å². The third-order valence-corrected chi connectivity index (χ3v) is 6.15. The first-order chi connectivity index (χ1) is 17.0. The van der Waals surface area contributed by atoms with Crippen molar-refractivity contribution in [3.05, 3.63) is 88.7 Å². The summed E-state index contributed by atoms with van der Waals surface area (Å²) < 4.78 is 25.8. The van der Waals surface area contributed by atoms with Crippen molar-refractivity contribution in [3.8, 4) is 5.75 Å². The molecule has 1 N–H and O–H groups in total. The lowest BCUT2D eigenvalue weighted by molar-refractivity contribution is -0.658. The van der Waals surface area contributed by atoms with Crippen LogP contribution in [-0.2, 0) is 15.5 Å². The fourth-order valence-electron chi connectivity index (χ4n) is 3.37. The van der Waals surface area contributed by atoms with Crippen molar-refractivity contribution in [2.45, 2.75) is 30.6 Å². The van der Waals surface area contributed by atoms with Gasteiger partial charge in [-0.25, -0.2) is 9.18 Å². The molecule has 1 aliphatic rings. The first-order valence-electron chi connectivity index (χ1n) is 11.1. The van der Waals surface area contributed by atoms with Crippen LogP contribution in [0.1, 0.15) is 35.2 Å². The van der Waals surface area contributed by atoms with Crippen molar-refractivity contribution in [2.75, 3.05) is 11.9 Å². The molecule has 6 nitrogen and oxygen atoms in total. The number of rotatable bonds is 9. The summed E-state index contributed by atoms with van der Waals surface area (Å²) in [5.41, 5.74) is 2.30. The van der Waals surface area contributed by atoms with Crippen LogP contribution in [0.25, 0.3) is 0 Å². The number of hydrogen-bond donors (Lipinski definition) is 1. The molecule has 0 aliphatic carbocycles. The van der Waals surface area contributed by atoms with Gasteiger partial charge in [0.05, 0.1) is 21.8 Å². The molecule has 0 unspecified atom stereocenters. The van der Waals surface area contributed by atoms with E-state index in [1.165, 1.54) is 16.9 Å². The predicted molar refractivity (Wildman–Crippen MR) is 134 cm³/mol. The van der Waals surface area contributed by atoms with E-state index in [0.717, 1.165) is 29.0 Å². The largest absolute Gasteiger partial charge is 0.494 e. The number of unbranched alkanes of at least 4 members (excludes halogenated alkanes) is 1. The Morgan fingerprint density at radius 3 is 2.63 bits per heavy atom. The Morgan fingerprint density at radius 1 is 1.09 bits per heavy atom. The number of amides is 2. The first-order valence-corrected chi connectivity index (χ1v) is 12.2. The molecule has 0 radical (unpaired) electrons. The molecule has 3 aromatic rings. The molecule has 180 valence electrons. The zero-order chi connectivity index (χ0) is 24.6. The minimum atomic E-state index is -0.353. The summed E-state index contributed by atoms with van der Waals surface area (Å²) in [6, 6.07) is 17.9. The molecule has 0 saturated carbocycles. The number of carbonyl (C=O) groups is 2. The van der Waals surface area contributed by atoms with Gasteiger partial charge in [0.2, 0.25) is 12.1 Å². The highest BCUT2D eigenvalue weighted by atomic mass is 35.5. The molecule has 9 heteroatoms. The van der Waals surface area contributed by atoms with E-state index in [1.54, 1.807) is 42.6 Å². The topological polar surface area (TPSA) is 67.6 Å². The number of hydrogen-bond acceptors (Lipinski definition) is 5. The molecule has 3 aromatic carbocycles. The summed E-state index contributed by atoms with van der Waals surface area (Å²) in [6.07, 6.45) is 3.97. The van der Waals surface area contributed by atoms with Crippen LogP contribution in [0.5, 0.6) is 5.75 Å². The van der Waals surface area contributed by atoms with Crippen molar-refractivity contribution >= 4 is 47.4 Å². The molecule has 0 aromatic heterocycles. The lowest BCUT2D eigenvalue weighted by Crippen LogP contribution is -2.20. The van der Waals surface area contributed by atoms with E-state index in [9.17, 15) is 14.0 Å². The van der Waals surface area contributed by atoms with Crippen LogP contribution in [0.3, 0.4) is 0 Å². The van der Waals surface area contributed by atoms with Crippen LogP contribution in [0, 0.1) is 5.82 Å². The van der Waals surface area contributed by atoms with Gasteiger partial charge in [-0.05, 0) is 85.1 Å². The number of benzene rings is 3. The number of ether oxygens (including phenoxy) is 1. The highest BCUT2D eigenvalue weighted by Crippen LogP contribution is 2.27. The molecular formula is C26H23ClFN2O4S+. The summed E-state index contributed by atoms with van der Waals surface area (Å²) in [6.45, 7) is 0.440. The van der Waals surface area contributed by atoms with Crippen molar-refractivity contribution in [3.63, 3.8) is 0 Å². The summed E-state index contributed by atoms with van der Waals surface area (Å²) >= 11 is 6.89. The highest BCUT2D eigenvalue weighted by molar-refractivity contribution is 7.94. The third kappa shape index (κ3) is 7.07. The molecule has 0 spiro atoms. The van der Waals surface area contributed by atoms with Gasteiger partial charge in [-0.3, -0.25) is 4.79 Å². The van der Waals surface area contributed by atoms with Crippen LogP contribution < -0.4 is 10.1 Å². The average molecular weight is 514 g/mol. The number of halogens is 2. The molecule has 0 atom stereocenters. The zero-order valence-corrected chi connectivity index (χ0v) is 20.3. The number of anilines is 1. The van der Waals surface area contributed by atoms with Gasteiger partial charge in [0.15, 0.2) is 12.0 Å². The van der Waals surface area contributed by atoms with Gasteiger partial charge in [0.25, 0.3) is 0 Å². The maximum Gasteiger partial charge on any atom is 0.467 e. The molecule has 0 fully saturated rings. The summed E-state index contributed by atoms with van der Waals surface area (Å²) in [5.74, 6) is 0.0592. The second kappa shape index (κ2) is 11.9. The Hall–Kier alpha value is -3.36. The molecule has 35 heavy (non-hydrogen) atoms. The predicted octanol–water partition coefficient (Wildman–Crippen LogP) is 6.09. The summed E-state index contributed by atoms with van der Waals surface area (Å²) in [4.78, 5) is 25.1. The van der Waals surface area contributed by atoms with E-state index in [1.807, 2.05) is 18.2 Å². The van der Waals surface area contributed by atoms with Gasteiger partial charge in [-0.1, -0.05) is 11.6 Å². The van der Waals surface area contributed by atoms with Gasteiger partial charge in [0, 0.05) is 23.6 Å². The number of hydroxylamine groups is 1. The Bertz CT molecular complexity index is 1230. The molecule has 1 aliphatic heterocycles. The van der Waals surface area contributed by atoms with Gasteiger partial charge >= 0.3 is 5.91 Å². The van der Waals surface area contributed by atoms with E-state index in [0.29, 0.717) is 47.8 Å². The summed E-state index contributed by atoms with van der Waals surface area (Å²) in [5, 5.41) is 3.38. The first kappa shape index (κ1) is 24.8. The smallest absolute Gasteiger partial charge is 0.467 e. The molecule has 0 saturated heterocycles. The fraction of sp³-hybridized carbons (Fsp3) is 0.192. The SMILES string of the molecule is O=C1CCc2cc(OCCCC=[N+](OSc3ccc(F)cc3)C(=O)c3ccc(Cl)cc3)ccc2N1. The third-order valence-electron chi connectivity index (χ3n) is 5.20. The Kier molecular flexibility index (Phi) is 8.39. The fourth-order valence-corrected chi connectivity index (χ4v) is 4.04. The van der Waals surface area contributed by atoms with E-state index in [-0.39, 0.29) is 17.6 Å². The second-order valence-electron chi connectivity index (χ2n) is 7.79. The average Bonchev–Trinajstić information content (AvgIpc) is 2.86. The molecule has 1 heterocycles. The molecular weight excluding hydrogens is 491 g/mol. The maximum atomic E-state index is 13.2. The van der Waals surface area contributed by atoms with E-state index in [4.69, 9.17) is 20.6 Å². The van der Waals surface area contributed by atoms with Crippen molar-refractivity contribution < 1.29 is 27.7 Å². The van der Waals surface area contributed by atoms with E-state index < -0.39 is 0 Å². The van der Waals surface area contributed by atoms with Crippen LogP contribution in [0.15, 0.2) is 71.6 Å². The van der Waals surface area contributed by atoms with Crippen LogP contribution in [0.2, 0.25) is 5.02 Å². The lowest BCUT2D eigenvalue weighted by atomic mass is 10.0. The standard InChI is InChI=1S/C26H22ClFN2O4S/c27-20-6-3-18(4-7-20)26(32)30(34-35-23-11-8-21(28)9-12-23)15-1-2-16-33-22-10-13-24-19(17-22)5-14-25(31)29-24/h3-4,6-13,15,17H,1-2,5,14,16H2/p+1. The Morgan fingerprint density at radius 2 is 1.86 bits per heavy atom. The Labute approximate surface area is 211 Å². The van der Waals surface area contributed by atoms with Crippen molar-refractivity contribution in [2.24, 2.45) is 0 Å². The van der Waals surface area contributed by atoms with E-state index >= 15 is 0 Å². The monoisotopic (exact) mass is 513 g/mol. The number of nitrogens with zero attached hydrogens (tertiary/aromatic N) is 1. The van der Waals surface area contributed by atoms with Crippen LogP contribution in [-0.4, -0.2) is 29.4 Å². The Balaban J connectivity index is 1.36. The number of nitrogens with one attached hydrogen (secondary N) is 1. The number of aryl methyl sites for hydroxylation is 1.